The Hall–Kier alpha value is -1.40. The van der Waals surface area contributed by atoms with Gasteiger partial charge < -0.3 is 5.32 Å². The van der Waals surface area contributed by atoms with Crippen LogP contribution in [0.25, 0.3) is 0 Å². The number of rotatable bonds is 5. The topological polar surface area (TPSA) is 55.2 Å². The summed E-state index contributed by atoms with van der Waals surface area (Å²) in [5.74, 6) is 0. The fraction of sp³-hybridized carbons (Fsp3) is 0.200. The van der Waals surface area contributed by atoms with Crippen molar-refractivity contribution in [3.05, 3.63) is 67.1 Å². The van der Waals surface area contributed by atoms with Gasteiger partial charge >= 0.3 is 0 Å². The van der Waals surface area contributed by atoms with Gasteiger partial charge in [-0.2, -0.15) is 0 Å². The number of halogens is 2. The predicted molar refractivity (Wildman–Crippen MR) is 91.6 cm³/mol. The zero-order chi connectivity index (χ0) is 15.4. The lowest BCUT2D eigenvalue weighted by Crippen LogP contribution is -2.10. The number of nitrogens with one attached hydrogen (secondary N) is 1. The second-order valence-electron chi connectivity index (χ2n) is 4.58. The molecule has 0 aliphatic heterocycles. The molecule has 2 aromatic carbocycles. The van der Waals surface area contributed by atoms with Crippen molar-refractivity contribution < 1.29 is 4.92 Å². The molecule has 1 atom stereocenters. The summed E-state index contributed by atoms with van der Waals surface area (Å²) < 4.78 is 1.82. The summed E-state index contributed by atoms with van der Waals surface area (Å²) in [6.45, 7) is 2.07. The molecule has 0 aromatic heterocycles. The van der Waals surface area contributed by atoms with Gasteiger partial charge in [-0.15, -0.1) is 0 Å². The van der Waals surface area contributed by atoms with Crippen LogP contribution in [-0.2, 0) is 0 Å². The van der Waals surface area contributed by atoms with Crippen molar-refractivity contribution in [2.75, 3.05) is 5.32 Å². The molecular weight excluding hydrogens is 400 g/mol. The van der Waals surface area contributed by atoms with Crippen molar-refractivity contribution >= 4 is 43.2 Å². The number of hydrogen-bond acceptors (Lipinski definition) is 3. The van der Waals surface area contributed by atoms with E-state index in [1.807, 2.05) is 24.3 Å². The summed E-state index contributed by atoms with van der Waals surface area (Å²) in [6, 6.07) is 12.8. The van der Waals surface area contributed by atoms with Crippen LogP contribution in [0.5, 0.6) is 0 Å². The monoisotopic (exact) mass is 412 g/mol. The number of anilines is 1. The highest BCUT2D eigenvalue weighted by Gasteiger charge is 2.14. The Kier molecular flexibility index (Phi) is 5.36. The molecule has 0 saturated carbocycles. The molecule has 2 aromatic rings. The number of benzene rings is 2. The third-order valence-electron chi connectivity index (χ3n) is 3.15. The average molecular weight is 414 g/mol. The van der Waals surface area contributed by atoms with E-state index in [1.165, 1.54) is 6.07 Å². The molecule has 0 aliphatic carbocycles. The van der Waals surface area contributed by atoms with Crippen molar-refractivity contribution in [3.8, 4) is 0 Å². The molecule has 1 unspecified atom stereocenters. The van der Waals surface area contributed by atoms with Gasteiger partial charge in [-0.3, -0.25) is 10.1 Å². The molecule has 0 bridgehead atoms. The third-order valence-corrected chi connectivity index (χ3v) is 4.33. The quantitative estimate of drug-likeness (QED) is 0.506. The molecule has 2 rings (SSSR count). The van der Waals surface area contributed by atoms with E-state index in [2.05, 4.69) is 44.1 Å². The van der Waals surface area contributed by atoms with E-state index < -0.39 is 4.92 Å². The Morgan fingerprint density at radius 1 is 1.24 bits per heavy atom. The second kappa shape index (κ2) is 7.04. The van der Waals surface area contributed by atoms with E-state index in [-0.39, 0.29) is 11.7 Å². The second-order valence-corrected chi connectivity index (χ2v) is 6.35. The molecule has 0 amide bonds. The first-order valence-corrected chi connectivity index (χ1v) is 8.05. The largest absolute Gasteiger partial charge is 0.377 e. The number of nitrogens with zero attached hydrogens (tertiary/aromatic N) is 1. The minimum Gasteiger partial charge on any atom is -0.377 e. The number of non-ortho nitro benzene ring substituents is 1. The van der Waals surface area contributed by atoms with Gasteiger partial charge in [-0.05, 0) is 46.1 Å². The van der Waals surface area contributed by atoms with Gasteiger partial charge in [0, 0.05) is 21.1 Å². The van der Waals surface area contributed by atoms with Gasteiger partial charge in [-0.1, -0.05) is 35.0 Å². The highest BCUT2D eigenvalue weighted by Crippen LogP contribution is 2.32. The Labute approximate surface area is 140 Å². The van der Waals surface area contributed by atoms with E-state index in [0.717, 1.165) is 26.6 Å². The Morgan fingerprint density at radius 3 is 2.62 bits per heavy atom. The standard InChI is InChI=1S/C15H14Br2N2O2/c1-2-14(10-4-3-5-11(16)8-10)18-15-9-12(19(20)21)6-7-13(15)17/h3-9,14,18H,2H2,1H3. The van der Waals surface area contributed by atoms with Crippen LogP contribution in [0, 0.1) is 10.1 Å². The molecule has 0 saturated heterocycles. The van der Waals surface area contributed by atoms with Crippen LogP contribution < -0.4 is 5.32 Å². The summed E-state index contributed by atoms with van der Waals surface area (Å²) in [6.07, 6.45) is 0.867. The molecule has 110 valence electrons. The fourth-order valence-corrected chi connectivity index (χ4v) is 2.85. The van der Waals surface area contributed by atoms with E-state index in [0.29, 0.717) is 0 Å². The van der Waals surface area contributed by atoms with Gasteiger partial charge in [0.2, 0.25) is 0 Å². The Morgan fingerprint density at radius 2 is 2.00 bits per heavy atom. The zero-order valence-corrected chi connectivity index (χ0v) is 14.5. The third kappa shape index (κ3) is 4.04. The minimum atomic E-state index is -0.391. The molecular formula is C15H14Br2N2O2. The molecule has 0 spiro atoms. The van der Waals surface area contributed by atoms with Crippen LogP contribution in [0.15, 0.2) is 51.4 Å². The van der Waals surface area contributed by atoms with Crippen molar-refractivity contribution in [3.63, 3.8) is 0 Å². The molecule has 6 heteroatoms. The van der Waals surface area contributed by atoms with E-state index in [4.69, 9.17) is 0 Å². The normalized spacial score (nSPS) is 12.0. The molecule has 4 nitrogen and oxygen atoms in total. The molecule has 0 radical (unpaired) electrons. The van der Waals surface area contributed by atoms with Crippen molar-refractivity contribution in [2.24, 2.45) is 0 Å². The fourth-order valence-electron chi connectivity index (χ4n) is 2.07. The van der Waals surface area contributed by atoms with Gasteiger partial charge in [0.25, 0.3) is 5.69 Å². The van der Waals surface area contributed by atoms with Crippen LogP contribution in [0.4, 0.5) is 11.4 Å². The number of nitro groups is 1. The van der Waals surface area contributed by atoms with E-state index >= 15 is 0 Å². The van der Waals surface area contributed by atoms with Crippen molar-refractivity contribution in [1.82, 2.24) is 0 Å². The average Bonchev–Trinajstić information content (AvgIpc) is 2.46. The maximum atomic E-state index is 10.9. The minimum absolute atomic E-state index is 0.0739. The Balaban J connectivity index is 2.30. The molecule has 21 heavy (non-hydrogen) atoms. The summed E-state index contributed by atoms with van der Waals surface area (Å²) in [7, 11) is 0. The van der Waals surface area contributed by atoms with Crippen LogP contribution in [0.1, 0.15) is 24.9 Å². The first-order chi connectivity index (χ1) is 10.0. The highest BCUT2D eigenvalue weighted by atomic mass is 79.9. The maximum Gasteiger partial charge on any atom is 0.271 e. The zero-order valence-electron chi connectivity index (χ0n) is 11.3. The van der Waals surface area contributed by atoms with Crippen molar-refractivity contribution in [2.45, 2.75) is 19.4 Å². The highest BCUT2D eigenvalue weighted by molar-refractivity contribution is 9.10. The van der Waals surface area contributed by atoms with Crippen LogP contribution in [0.2, 0.25) is 0 Å². The first-order valence-electron chi connectivity index (χ1n) is 6.47. The summed E-state index contributed by atoms with van der Waals surface area (Å²) in [5, 5.41) is 14.3. The van der Waals surface area contributed by atoms with Crippen LogP contribution in [-0.4, -0.2) is 4.92 Å². The lowest BCUT2D eigenvalue weighted by Gasteiger charge is -2.20. The van der Waals surface area contributed by atoms with Crippen molar-refractivity contribution in [1.29, 1.82) is 0 Å². The van der Waals surface area contributed by atoms with Gasteiger partial charge in [-0.25, -0.2) is 0 Å². The van der Waals surface area contributed by atoms with Gasteiger partial charge in [0.1, 0.15) is 0 Å². The predicted octanol–water partition coefficient (Wildman–Crippen LogP) is 5.68. The van der Waals surface area contributed by atoms with E-state index in [9.17, 15) is 10.1 Å². The van der Waals surface area contributed by atoms with Crippen LogP contribution >= 0.6 is 31.9 Å². The molecule has 1 N–H and O–H groups in total. The summed E-state index contributed by atoms with van der Waals surface area (Å²) in [5.41, 5.74) is 1.92. The number of hydrogen-bond donors (Lipinski definition) is 1. The van der Waals surface area contributed by atoms with E-state index in [1.54, 1.807) is 12.1 Å². The lowest BCUT2D eigenvalue weighted by molar-refractivity contribution is -0.384. The van der Waals surface area contributed by atoms with Gasteiger partial charge in [0.15, 0.2) is 0 Å². The SMILES string of the molecule is CCC(Nc1cc([N+](=O)[O-])ccc1Br)c1cccc(Br)c1. The Bertz CT molecular complexity index is 662. The smallest absolute Gasteiger partial charge is 0.271 e. The molecule has 0 fully saturated rings. The summed E-state index contributed by atoms with van der Waals surface area (Å²) in [4.78, 5) is 10.5. The molecule has 0 heterocycles. The lowest BCUT2D eigenvalue weighted by atomic mass is 10.0. The summed E-state index contributed by atoms with van der Waals surface area (Å²) >= 11 is 6.89. The maximum absolute atomic E-state index is 10.9. The number of nitro benzene ring substituents is 1. The first kappa shape index (κ1) is 16.0. The van der Waals surface area contributed by atoms with Gasteiger partial charge in [0.05, 0.1) is 16.7 Å². The molecule has 0 aliphatic rings. The van der Waals surface area contributed by atoms with Crippen LogP contribution in [0.3, 0.4) is 0 Å².